The molecule has 5 rings (SSSR count). The topological polar surface area (TPSA) is 124 Å². The first-order chi connectivity index (χ1) is 17.6. The Labute approximate surface area is 205 Å². The van der Waals surface area contributed by atoms with Crippen LogP contribution in [0.1, 0.15) is 21.7 Å². The lowest BCUT2D eigenvalue weighted by Crippen LogP contribution is -2.23. The Balaban J connectivity index is 1.42. The van der Waals surface area contributed by atoms with E-state index in [1.807, 2.05) is 36.4 Å². The zero-order chi connectivity index (χ0) is 24.9. The van der Waals surface area contributed by atoms with Crippen LogP contribution in [0, 0.1) is 0 Å². The molecule has 0 radical (unpaired) electrons. The van der Waals surface area contributed by atoms with Crippen molar-refractivity contribution >= 4 is 28.7 Å². The van der Waals surface area contributed by atoms with E-state index in [-0.39, 0.29) is 5.91 Å². The summed E-state index contributed by atoms with van der Waals surface area (Å²) >= 11 is 0. The van der Waals surface area contributed by atoms with Gasteiger partial charge in [-0.2, -0.15) is 5.10 Å². The lowest BCUT2D eigenvalue weighted by molar-refractivity contribution is 0.0952. The van der Waals surface area contributed by atoms with Gasteiger partial charge < -0.3 is 14.5 Å². The molecule has 10 nitrogen and oxygen atoms in total. The summed E-state index contributed by atoms with van der Waals surface area (Å²) < 4.78 is 11.8. The second-order valence-electron chi connectivity index (χ2n) is 7.91. The van der Waals surface area contributed by atoms with Crippen molar-refractivity contribution in [3.8, 4) is 11.3 Å². The Morgan fingerprint density at radius 2 is 1.94 bits per heavy atom. The van der Waals surface area contributed by atoms with Gasteiger partial charge in [-0.1, -0.05) is 12.1 Å². The van der Waals surface area contributed by atoms with Crippen LogP contribution in [0.5, 0.6) is 0 Å². The Morgan fingerprint density at radius 1 is 1.08 bits per heavy atom. The summed E-state index contributed by atoms with van der Waals surface area (Å²) in [6, 6.07) is 16.2. The van der Waals surface area contributed by atoms with Crippen LogP contribution in [0.15, 0.2) is 83.9 Å². The number of amides is 2. The van der Waals surface area contributed by atoms with Gasteiger partial charge in [0.05, 0.1) is 36.2 Å². The molecule has 0 atom stereocenters. The van der Waals surface area contributed by atoms with Gasteiger partial charge in [0.15, 0.2) is 5.65 Å². The minimum absolute atomic E-state index is 0.262. The second kappa shape index (κ2) is 10.1. The van der Waals surface area contributed by atoms with Crippen LogP contribution in [0.4, 0.5) is 10.5 Å². The van der Waals surface area contributed by atoms with Gasteiger partial charge in [-0.15, -0.1) is 0 Å². The summed E-state index contributed by atoms with van der Waals surface area (Å²) in [6.07, 6.45) is 6.08. The fraction of sp³-hybridized carbons (Fsp3) is 0.115. The van der Waals surface area contributed by atoms with E-state index < -0.39 is 6.09 Å². The van der Waals surface area contributed by atoms with Crippen molar-refractivity contribution in [2.75, 3.05) is 12.4 Å². The number of carbonyl (C=O) groups excluding carboxylic acids is 2. The van der Waals surface area contributed by atoms with Gasteiger partial charge in [0.25, 0.3) is 5.91 Å². The number of hydrogen-bond acceptors (Lipinski definition) is 7. The van der Waals surface area contributed by atoms with Gasteiger partial charge in [-0.05, 0) is 48.0 Å². The Bertz CT molecular complexity index is 1500. The largest absolute Gasteiger partial charge is 0.467 e. The van der Waals surface area contributed by atoms with E-state index >= 15 is 0 Å². The van der Waals surface area contributed by atoms with E-state index in [1.54, 1.807) is 47.7 Å². The number of fused-ring (bicyclic) bond motifs is 1. The molecule has 180 valence electrons. The van der Waals surface area contributed by atoms with Crippen LogP contribution in [-0.2, 0) is 17.8 Å². The number of methoxy groups -OCH3 is 1. The third kappa shape index (κ3) is 4.92. The first kappa shape index (κ1) is 22.8. The van der Waals surface area contributed by atoms with E-state index in [9.17, 15) is 9.59 Å². The number of nitrogens with zero attached hydrogens (tertiary/aromatic N) is 4. The summed E-state index contributed by atoms with van der Waals surface area (Å²) in [6.45, 7) is 0.678. The van der Waals surface area contributed by atoms with Crippen molar-refractivity contribution in [2.24, 2.45) is 0 Å². The van der Waals surface area contributed by atoms with E-state index in [0.717, 1.165) is 16.9 Å². The molecular weight excluding hydrogens is 460 g/mol. The maximum absolute atomic E-state index is 13.3. The van der Waals surface area contributed by atoms with Crippen LogP contribution < -0.4 is 10.6 Å². The summed E-state index contributed by atoms with van der Waals surface area (Å²) in [7, 11) is 1.30. The first-order valence-electron chi connectivity index (χ1n) is 11.1. The summed E-state index contributed by atoms with van der Waals surface area (Å²) in [5, 5.41) is 10.6. The molecule has 2 amide bonds. The number of benzene rings is 1. The van der Waals surface area contributed by atoms with Crippen molar-refractivity contribution in [2.45, 2.75) is 13.1 Å². The monoisotopic (exact) mass is 482 g/mol. The summed E-state index contributed by atoms with van der Waals surface area (Å²) in [5.74, 6) is 0.464. The fourth-order valence-corrected chi connectivity index (χ4v) is 3.72. The molecule has 0 fully saturated rings. The molecule has 2 N–H and O–H groups in total. The molecular formula is C26H22N6O4. The van der Waals surface area contributed by atoms with Crippen LogP contribution >= 0.6 is 0 Å². The standard InChI is InChI=1S/C26H22N6O4/c1-35-26(34)30-19-8-6-17(7-9-19)13-28-25(33)21-12-23(18-4-2-10-27-14-18)31-24-22(21)15-29-32(24)16-20-5-3-11-36-20/h2-12,14-15H,13,16H2,1H3,(H,28,33)(H,30,34). The average molecular weight is 483 g/mol. The van der Waals surface area contributed by atoms with Crippen LogP contribution in [-0.4, -0.2) is 38.9 Å². The number of rotatable bonds is 7. The first-order valence-corrected chi connectivity index (χ1v) is 11.1. The number of carbonyl (C=O) groups is 2. The maximum Gasteiger partial charge on any atom is 0.411 e. The van der Waals surface area contributed by atoms with Gasteiger partial charge in [0, 0.05) is 30.2 Å². The molecule has 0 spiro atoms. The van der Waals surface area contributed by atoms with E-state index in [1.165, 1.54) is 7.11 Å². The molecule has 10 heteroatoms. The van der Waals surface area contributed by atoms with Gasteiger partial charge in [0.1, 0.15) is 12.3 Å². The highest BCUT2D eigenvalue weighted by Gasteiger charge is 2.18. The number of hydrogen-bond donors (Lipinski definition) is 2. The molecule has 5 aromatic rings. The van der Waals surface area contributed by atoms with Gasteiger partial charge in [0.2, 0.25) is 0 Å². The molecule has 36 heavy (non-hydrogen) atoms. The molecule has 0 aliphatic rings. The minimum atomic E-state index is -0.547. The molecule has 0 unspecified atom stereocenters. The number of anilines is 1. The maximum atomic E-state index is 13.3. The van der Waals surface area contributed by atoms with Gasteiger partial charge in [-0.3, -0.25) is 15.1 Å². The quantitative estimate of drug-likeness (QED) is 0.355. The van der Waals surface area contributed by atoms with E-state index in [0.29, 0.717) is 41.1 Å². The zero-order valence-corrected chi connectivity index (χ0v) is 19.3. The number of furan rings is 1. The molecule has 0 aliphatic heterocycles. The molecule has 0 saturated carbocycles. The van der Waals surface area contributed by atoms with E-state index in [4.69, 9.17) is 9.40 Å². The van der Waals surface area contributed by atoms with Crippen molar-refractivity contribution in [1.29, 1.82) is 0 Å². The highest BCUT2D eigenvalue weighted by atomic mass is 16.5. The van der Waals surface area contributed by atoms with E-state index in [2.05, 4.69) is 25.5 Å². The molecule has 4 heterocycles. The number of pyridine rings is 2. The van der Waals surface area contributed by atoms with Crippen LogP contribution in [0.2, 0.25) is 0 Å². The van der Waals surface area contributed by atoms with Crippen LogP contribution in [0.25, 0.3) is 22.3 Å². The molecule has 0 saturated heterocycles. The predicted octanol–water partition coefficient (Wildman–Crippen LogP) is 4.24. The molecule has 0 aliphatic carbocycles. The highest BCUT2D eigenvalue weighted by Crippen LogP contribution is 2.25. The molecule has 0 bridgehead atoms. The SMILES string of the molecule is COC(=O)Nc1ccc(CNC(=O)c2cc(-c3cccnc3)nc3c2cnn3Cc2ccco2)cc1. The van der Waals surface area contributed by atoms with Crippen LogP contribution in [0.3, 0.4) is 0 Å². The lowest BCUT2D eigenvalue weighted by atomic mass is 10.1. The predicted molar refractivity (Wildman–Crippen MR) is 132 cm³/mol. The Morgan fingerprint density at radius 3 is 2.67 bits per heavy atom. The molecule has 4 aromatic heterocycles. The Kier molecular flexibility index (Phi) is 6.39. The summed E-state index contributed by atoms with van der Waals surface area (Å²) in [5.41, 5.74) is 3.88. The highest BCUT2D eigenvalue weighted by molar-refractivity contribution is 6.06. The molecule has 1 aromatic carbocycles. The van der Waals surface area contributed by atoms with Crippen molar-refractivity contribution in [1.82, 2.24) is 25.1 Å². The second-order valence-corrected chi connectivity index (χ2v) is 7.91. The third-order valence-corrected chi connectivity index (χ3v) is 5.54. The normalized spacial score (nSPS) is 10.8. The van der Waals surface area contributed by atoms with Crippen molar-refractivity contribution < 1.29 is 18.7 Å². The van der Waals surface area contributed by atoms with Gasteiger partial charge >= 0.3 is 6.09 Å². The minimum Gasteiger partial charge on any atom is -0.467 e. The lowest BCUT2D eigenvalue weighted by Gasteiger charge is -2.10. The van der Waals surface area contributed by atoms with Gasteiger partial charge in [-0.25, -0.2) is 14.5 Å². The number of ether oxygens (including phenoxy) is 1. The zero-order valence-electron chi connectivity index (χ0n) is 19.3. The van der Waals surface area contributed by atoms with Crippen molar-refractivity contribution in [3.63, 3.8) is 0 Å². The number of nitrogens with one attached hydrogen (secondary N) is 2. The third-order valence-electron chi connectivity index (χ3n) is 5.54. The Hall–Kier alpha value is -4.99. The fourth-order valence-electron chi connectivity index (χ4n) is 3.72. The summed E-state index contributed by atoms with van der Waals surface area (Å²) in [4.78, 5) is 33.6. The van der Waals surface area contributed by atoms with Crippen molar-refractivity contribution in [3.05, 3.63) is 96.3 Å². The smallest absolute Gasteiger partial charge is 0.411 e. The average Bonchev–Trinajstić information content (AvgIpc) is 3.58. The number of aromatic nitrogens is 4.